The fourth-order valence-corrected chi connectivity index (χ4v) is 1.74. The van der Waals surface area contributed by atoms with Crippen LogP contribution in [0, 0.1) is 10.1 Å². The fraction of sp³-hybridized carbons (Fsp3) is 0.417. The van der Waals surface area contributed by atoms with Gasteiger partial charge in [0.15, 0.2) is 0 Å². The molecule has 6 heteroatoms. The predicted molar refractivity (Wildman–Crippen MR) is 69.9 cm³/mol. The zero-order valence-corrected chi connectivity index (χ0v) is 11.0. The standard InChI is InChI=1S/C12H15ClN2O3/c1-3-9(4-2)14-12(16)8-5-6-10(13)11(7-8)15(17)18/h5-7,9H,3-4H2,1-2H3,(H,14,16). The largest absolute Gasteiger partial charge is 0.349 e. The second kappa shape index (κ2) is 6.35. The average Bonchev–Trinajstić information content (AvgIpc) is 2.35. The molecule has 1 N–H and O–H groups in total. The molecule has 0 aliphatic heterocycles. The van der Waals surface area contributed by atoms with Gasteiger partial charge in [-0.25, -0.2) is 0 Å². The van der Waals surface area contributed by atoms with Crippen LogP contribution in [0.15, 0.2) is 18.2 Å². The summed E-state index contributed by atoms with van der Waals surface area (Å²) in [6.07, 6.45) is 1.63. The summed E-state index contributed by atoms with van der Waals surface area (Å²) in [5.74, 6) is -0.316. The first-order valence-corrected chi connectivity index (χ1v) is 6.12. The van der Waals surface area contributed by atoms with Gasteiger partial charge in [-0.1, -0.05) is 25.4 Å². The molecule has 0 atom stereocenters. The highest BCUT2D eigenvalue weighted by Crippen LogP contribution is 2.25. The van der Waals surface area contributed by atoms with E-state index < -0.39 is 4.92 Å². The van der Waals surface area contributed by atoms with Crippen molar-refractivity contribution in [3.05, 3.63) is 38.9 Å². The van der Waals surface area contributed by atoms with Gasteiger partial charge in [-0.05, 0) is 25.0 Å². The molecule has 0 bridgehead atoms. The van der Waals surface area contributed by atoms with Crippen molar-refractivity contribution in [2.75, 3.05) is 0 Å². The van der Waals surface area contributed by atoms with Crippen LogP contribution in [0.25, 0.3) is 0 Å². The van der Waals surface area contributed by atoms with E-state index in [1.54, 1.807) is 0 Å². The van der Waals surface area contributed by atoms with E-state index in [1.165, 1.54) is 18.2 Å². The molecule has 0 fully saturated rings. The number of carbonyl (C=O) groups excluding carboxylic acids is 1. The zero-order chi connectivity index (χ0) is 13.7. The summed E-state index contributed by atoms with van der Waals surface area (Å²) in [5.41, 5.74) is -0.00753. The second-order valence-corrected chi connectivity index (χ2v) is 4.32. The topological polar surface area (TPSA) is 72.2 Å². The molecule has 0 spiro atoms. The molecule has 0 aliphatic carbocycles. The Morgan fingerprint density at radius 2 is 2.06 bits per heavy atom. The molecular formula is C12H15ClN2O3. The van der Waals surface area contributed by atoms with E-state index in [0.29, 0.717) is 0 Å². The Labute approximate surface area is 110 Å². The lowest BCUT2D eigenvalue weighted by atomic mass is 10.1. The summed E-state index contributed by atoms with van der Waals surface area (Å²) >= 11 is 5.68. The predicted octanol–water partition coefficient (Wildman–Crippen LogP) is 3.17. The van der Waals surface area contributed by atoms with Gasteiger partial charge in [0.25, 0.3) is 11.6 Å². The van der Waals surface area contributed by atoms with E-state index in [2.05, 4.69) is 5.32 Å². The van der Waals surface area contributed by atoms with Crippen molar-refractivity contribution in [1.29, 1.82) is 0 Å². The van der Waals surface area contributed by atoms with Crippen molar-refractivity contribution < 1.29 is 9.72 Å². The smallest absolute Gasteiger partial charge is 0.288 e. The van der Waals surface area contributed by atoms with E-state index >= 15 is 0 Å². The first-order valence-electron chi connectivity index (χ1n) is 5.74. The second-order valence-electron chi connectivity index (χ2n) is 3.91. The number of nitro groups is 1. The number of nitro benzene ring substituents is 1. The third-order valence-electron chi connectivity index (χ3n) is 2.73. The number of rotatable bonds is 5. The van der Waals surface area contributed by atoms with Gasteiger partial charge in [0, 0.05) is 17.7 Å². The van der Waals surface area contributed by atoms with E-state index in [4.69, 9.17) is 11.6 Å². The number of carbonyl (C=O) groups is 1. The average molecular weight is 271 g/mol. The first-order chi connectivity index (χ1) is 8.49. The van der Waals surface area contributed by atoms with Gasteiger partial charge in [0.2, 0.25) is 0 Å². The molecule has 18 heavy (non-hydrogen) atoms. The Hall–Kier alpha value is -1.62. The van der Waals surface area contributed by atoms with Crippen molar-refractivity contribution in [3.8, 4) is 0 Å². The maximum atomic E-state index is 11.9. The molecule has 0 aliphatic rings. The molecule has 0 radical (unpaired) electrons. The van der Waals surface area contributed by atoms with Crippen molar-refractivity contribution in [3.63, 3.8) is 0 Å². The van der Waals surface area contributed by atoms with Gasteiger partial charge in [-0.15, -0.1) is 0 Å². The zero-order valence-electron chi connectivity index (χ0n) is 10.3. The molecule has 0 unspecified atom stereocenters. The van der Waals surface area contributed by atoms with Crippen LogP contribution in [0.4, 0.5) is 5.69 Å². The minimum atomic E-state index is -0.601. The normalized spacial score (nSPS) is 10.4. The highest BCUT2D eigenvalue weighted by Gasteiger charge is 2.17. The van der Waals surface area contributed by atoms with Gasteiger partial charge >= 0.3 is 0 Å². The molecule has 0 aromatic heterocycles. The van der Waals surface area contributed by atoms with Crippen LogP contribution >= 0.6 is 11.6 Å². The molecule has 0 saturated carbocycles. The molecule has 98 valence electrons. The van der Waals surface area contributed by atoms with Gasteiger partial charge in [0.05, 0.1) is 4.92 Å². The van der Waals surface area contributed by atoms with Crippen LogP contribution in [-0.4, -0.2) is 16.9 Å². The number of halogens is 1. The maximum Gasteiger partial charge on any atom is 0.288 e. The number of hydrogen-bond donors (Lipinski definition) is 1. The van der Waals surface area contributed by atoms with Gasteiger partial charge in [-0.2, -0.15) is 0 Å². The lowest BCUT2D eigenvalue weighted by Gasteiger charge is -2.14. The highest BCUT2D eigenvalue weighted by atomic mass is 35.5. The molecular weight excluding hydrogens is 256 g/mol. The molecule has 0 heterocycles. The molecule has 1 rings (SSSR count). The van der Waals surface area contributed by atoms with Crippen molar-refractivity contribution >= 4 is 23.2 Å². The Morgan fingerprint density at radius 3 is 2.56 bits per heavy atom. The fourth-order valence-electron chi connectivity index (χ4n) is 1.56. The minimum Gasteiger partial charge on any atom is -0.349 e. The molecule has 1 aromatic carbocycles. The summed E-state index contributed by atoms with van der Waals surface area (Å²) in [7, 11) is 0. The number of benzene rings is 1. The first kappa shape index (κ1) is 14.4. The van der Waals surface area contributed by atoms with Crippen LogP contribution < -0.4 is 5.32 Å². The third-order valence-corrected chi connectivity index (χ3v) is 3.05. The van der Waals surface area contributed by atoms with Crippen LogP contribution in [0.5, 0.6) is 0 Å². The molecule has 5 nitrogen and oxygen atoms in total. The number of amides is 1. The van der Waals surface area contributed by atoms with Crippen molar-refractivity contribution in [2.45, 2.75) is 32.7 Å². The Balaban J connectivity index is 2.93. The lowest BCUT2D eigenvalue weighted by molar-refractivity contribution is -0.384. The number of nitrogens with one attached hydrogen (secondary N) is 1. The Morgan fingerprint density at radius 1 is 1.44 bits per heavy atom. The van der Waals surface area contributed by atoms with Gasteiger partial charge in [0.1, 0.15) is 5.02 Å². The van der Waals surface area contributed by atoms with Crippen LogP contribution in [0.2, 0.25) is 5.02 Å². The summed E-state index contributed by atoms with van der Waals surface area (Å²) in [6.45, 7) is 3.94. The summed E-state index contributed by atoms with van der Waals surface area (Å²) in [6, 6.07) is 4.11. The van der Waals surface area contributed by atoms with Crippen molar-refractivity contribution in [2.24, 2.45) is 0 Å². The minimum absolute atomic E-state index is 0.0269. The third kappa shape index (κ3) is 3.43. The van der Waals surface area contributed by atoms with E-state index in [-0.39, 0.29) is 28.2 Å². The van der Waals surface area contributed by atoms with Crippen LogP contribution in [0.3, 0.4) is 0 Å². The van der Waals surface area contributed by atoms with Gasteiger partial charge < -0.3 is 5.32 Å². The monoisotopic (exact) mass is 270 g/mol. The van der Waals surface area contributed by atoms with E-state index in [0.717, 1.165) is 12.8 Å². The Kier molecular flexibility index (Phi) is 5.09. The number of nitrogens with zero attached hydrogens (tertiary/aromatic N) is 1. The van der Waals surface area contributed by atoms with E-state index in [1.807, 2.05) is 13.8 Å². The van der Waals surface area contributed by atoms with Crippen LogP contribution in [-0.2, 0) is 0 Å². The van der Waals surface area contributed by atoms with E-state index in [9.17, 15) is 14.9 Å². The Bertz CT molecular complexity index is 459. The number of hydrogen-bond acceptors (Lipinski definition) is 3. The van der Waals surface area contributed by atoms with Crippen LogP contribution in [0.1, 0.15) is 37.0 Å². The highest BCUT2D eigenvalue weighted by molar-refractivity contribution is 6.32. The maximum absolute atomic E-state index is 11.9. The quantitative estimate of drug-likeness (QED) is 0.660. The SMILES string of the molecule is CCC(CC)NC(=O)c1ccc(Cl)c([N+](=O)[O-])c1. The molecule has 0 saturated heterocycles. The molecule has 1 amide bonds. The van der Waals surface area contributed by atoms with Gasteiger partial charge in [-0.3, -0.25) is 14.9 Å². The lowest BCUT2D eigenvalue weighted by Crippen LogP contribution is -2.33. The molecule has 1 aromatic rings. The summed E-state index contributed by atoms with van der Waals surface area (Å²) in [4.78, 5) is 22.0. The summed E-state index contributed by atoms with van der Waals surface area (Å²) in [5, 5.41) is 13.6. The summed E-state index contributed by atoms with van der Waals surface area (Å²) < 4.78 is 0. The van der Waals surface area contributed by atoms with Crippen molar-refractivity contribution in [1.82, 2.24) is 5.32 Å².